The van der Waals surface area contributed by atoms with E-state index < -0.39 is 9.84 Å². The fourth-order valence-corrected chi connectivity index (χ4v) is 4.54. The molecule has 0 aliphatic carbocycles. The number of sulfone groups is 1. The Morgan fingerprint density at radius 3 is 2.52 bits per heavy atom. The highest BCUT2D eigenvalue weighted by atomic mass is 32.2. The van der Waals surface area contributed by atoms with Crippen molar-refractivity contribution in [2.45, 2.75) is 37.6 Å². The number of hydrogen-bond acceptors (Lipinski definition) is 6. The van der Waals surface area contributed by atoms with Gasteiger partial charge in [0.2, 0.25) is 20.9 Å². The minimum absolute atomic E-state index is 0.117. The number of benzene rings is 2. The predicted octanol–water partition coefficient (Wildman–Crippen LogP) is 3.69. The highest BCUT2D eigenvalue weighted by Gasteiger charge is 2.20. The quantitative estimate of drug-likeness (QED) is 0.396. The second-order valence-corrected chi connectivity index (χ2v) is 9.70. The third-order valence-corrected chi connectivity index (χ3v) is 6.09. The first kappa shape index (κ1) is 21.3. The van der Waals surface area contributed by atoms with Gasteiger partial charge in [-0.1, -0.05) is 42.5 Å². The van der Waals surface area contributed by atoms with Gasteiger partial charge in [0.05, 0.1) is 18.4 Å². The first-order valence-corrected chi connectivity index (χ1v) is 12.1. The van der Waals surface area contributed by atoms with Gasteiger partial charge in [0.15, 0.2) is 5.58 Å². The van der Waals surface area contributed by atoms with E-state index in [0.717, 1.165) is 29.6 Å². The van der Waals surface area contributed by atoms with Crippen molar-refractivity contribution >= 4 is 20.9 Å². The van der Waals surface area contributed by atoms with Gasteiger partial charge in [-0.2, -0.15) is 0 Å². The summed E-state index contributed by atoms with van der Waals surface area (Å²) >= 11 is 0. The van der Waals surface area contributed by atoms with E-state index in [2.05, 4.69) is 22.1 Å². The Bertz CT molecular complexity index is 1230. The van der Waals surface area contributed by atoms with Crippen molar-refractivity contribution in [2.75, 3.05) is 13.3 Å². The molecule has 0 radical (unpaired) electrons. The summed E-state index contributed by atoms with van der Waals surface area (Å²) in [5.74, 6) is 0.627. The van der Waals surface area contributed by atoms with E-state index in [1.165, 1.54) is 11.8 Å². The number of aromatic nitrogens is 3. The van der Waals surface area contributed by atoms with Gasteiger partial charge >= 0.3 is 0 Å². The first-order chi connectivity index (χ1) is 14.9. The molecule has 7 nitrogen and oxygen atoms in total. The van der Waals surface area contributed by atoms with Crippen LogP contribution in [0.25, 0.3) is 11.1 Å². The maximum atomic E-state index is 12.3. The van der Waals surface area contributed by atoms with Crippen LogP contribution in [0.1, 0.15) is 23.6 Å². The number of fused-ring (bicyclic) bond motifs is 1. The van der Waals surface area contributed by atoms with Gasteiger partial charge in [-0.15, -0.1) is 0 Å². The van der Waals surface area contributed by atoms with Crippen LogP contribution >= 0.6 is 0 Å². The Labute approximate surface area is 182 Å². The van der Waals surface area contributed by atoms with Crippen LogP contribution in [0.5, 0.6) is 0 Å². The molecule has 2 heterocycles. The molecule has 4 rings (SSSR count). The second-order valence-electron chi connectivity index (χ2n) is 7.79. The van der Waals surface area contributed by atoms with Gasteiger partial charge in [-0.25, -0.2) is 18.4 Å². The molecule has 0 saturated carbocycles. The number of imidazole rings is 1. The molecule has 162 valence electrons. The minimum atomic E-state index is -3.42. The maximum absolute atomic E-state index is 12.3. The molecule has 0 aliphatic heterocycles. The van der Waals surface area contributed by atoms with Crippen LogP contribution in [0, 0.1) is 0 Å². The minimum Gasteiger partial charge on any atom is -0.439 e. The number of nitrogens with zero attached hydrogens (tertiary/aromatic N) is 4. The molecule has 31 heavy (non-hydrogen) atoms. The average molecular weight is 439 g/mol. The topological polar surface area (TPSA) is 81.2 Å². The maximum Gasteiger partial charge on any atom is 0.227 e. The zero-order valence-electron chi connectivity index (χ0n) is 17.7. The first-order valence-electron chi connectivity index (χ1n) is 10.2. The third-order valence-electron chi connectivity index (χ3n) is 5.10. The van der Waals surface area contributed by atoms with Crippen LogP contribution in [0.2, 0.25) is 0 Å². The van der Waals surface area contributed by atoms with E-state index in [1.54, 1.807) is 6.20 Å². The highest BCUT2D eigenvalue weighted by Crippen LogP contribution is 2.18. The monoisotopic (exact) mass is 438 g/mol. The van der Waals surface area contributed by atoms with Crippen molar-refractivity contribution in [3.8, 4) is 0 Å². The number of oxazole rings is 1. The van der Waals surface area contributed by atoms with E-state index in [9.17, 15) is 8.42 Å². The summed E-state index contributed by atoms with van der Waals surface area (Å²) in [6.07, 6.45) is 4.56. The van der Waals surface area contributed by atoms with Crippen molar-refractivity contribution in [1.29, 1.82) is 0 Å². The van der Waals surface area contributed by atoms with Crippen LogP contribution in [0.4, 0.5) is 0 Å². The Kier molecular flexibility index (Phi) is 6.20. The van der Waals surface area contributed by atoms with Crippen LogP contribution in [-0.2, 0) is 35.9 Å². The van der Waals surface area contributed by atoms with Crippen LogP contribution in [0.3, 0.4) is 0 Å². The molecule has 0 bridgehead atoms. The van der Waals surface area contributed by atoms with E-state index in [4.69, 9.17) is 4.42 Å². The van der Waals surface area contributed by atoms with E-state index >= 15 is 0 Å². The van der Waals surface area contributed by atoms with Crippen molar-refractivity contribution in [2.24, 2.45) is 0 Å². The summed E-state index contributed by atoms with van der Waals surface area (Å²) in [6, 6.07) is 17.9. The second kappa shape index (κ2) is 9.03. The SMILES string of the molecule is CN(Cc1nc2ccccc2o1)Cc1cnc(S(C)(=O)=O)n1CCCc1ccccc1. The highest BCUT2D eigenvalue weighted by molar-refractivity contribution is 7.90. The molecule has 0 amide bonds. The normalized spacial score (nSPS) is 12.1. The molecule has 0 unspecified atom stereocenters. The Balaban J connectivity index is 1.48. The smallest absolute Gasteiger partial charge is 0.227 e. The lowest BCUT2D eigenvalue weighted by Gasteiger charge is -2.17. The van der Waals surface area contributed by atoms with Gasteiger partial charge in [0.25, 0.3) is 0 Å². The van der Waals surface area contributed by atoms with Gasteiger partial charge in [-0.3, -0.25) is 4.90 Å². The lowest BCUT2D eigenvalue weighted by molar-refractivity contribution is 0.276. The van der Waals surface area contributed by atoms with Crippen LogP contribution in [-0.4, -0.2) is 41.2 Å². The van der Waals surface area contributed by atoms with Gasteiger partial charge in [0, 0.05) is 19.3 Å². The third kappa shape index (κ3) is 5.21. The molecule has 0 atom stereocenters. The Hall–Kier alpha value is -2.97. The summed E-state index contributed by atoms with van der Waals surface area (Å²) in [4.78, 5) is 10.8. The molecule has 0 aliphatic rings. The van der Waals surface area contributed by atoms with Crippen molar-refractivity contribution < 1.29 is 12.8 Å². The van der Waals surface area contributed by atoms with Crippen LogP contribution < -0.4 is 0 Å². The van der Waals surface area contributed by atoms with Crippen molar-refractivity contribution in [1.82, 2.24) is 19.4 Å². The van der Waals surface area contributed by atoms with Gasteiger partial charge in [-0.05, 0) is 37.6 Å². The molecule has 0 N–H and O–H groups in total. The largest absolute Gasteiger partial charge is 0.439 e. The fourth-order valence-electron chi connectivity index (χ4n) is 3.69. The number of rotatable bonds is 9. The lowest BCUT2D eigenvalue weighted by atomic mass is 10.1. The molecule has 0 spiro atoms. The standard InChI is InChI=1S/C23H26N4O3S/c1-26(17-22-25-20-12-6-7-13-21(20)30-22)16-19-15-24-23(31(2,28)29)27(19)14-8-11-18-9-4-3-5-10-18/h3-7,9-10,12-13,15H,8,11,14,16-17H2,1-2H3. The Morgan fingerprint density at radius 2 is 1.77 bits per heavy atom. The molecule has 0 saturated heterocycles. The molecule has 8 heteroatoms. The van der Waals surface area contributed by atoms with E-state index in [0.29, 0.717) is 25.5 Å². The predicted molar refractivity (Wildman–Crippen MR) is 119 cm³/mol. The summed E-state index contributed by atoms with van der Waals surface area (Å²) in [5.41, 5.74) is 3.68. The average Bonchev–Trinajstić information content (AvgIpc) is 3.32. The zero-order valence-corrected chi connectivity index (χ0v) is 18.5. The molecule has 2 aromatic heterocycles. The molecule has 0 fully saturated rings. The summed E-state index contributed by atoms with van der Waals surface area (Å²) in [7, 11) is -1.46. The number of para-hydroxylation sites is 2. The van der Waals surface area contributed by atoms with Crippen molar-refractivity contribution in [3.05, 3.63) is 77.9 Å². The molecule has 2 aromatic carbocycles. The molecule has 4 aromatic rings. The van der Waals surface area contributed by atoms with Crippen molar-refractivity contribution in [3.63, 3.8) is 0 Å². The summed E-state index contributed by atoms with van der Waals surface area (Å²) in [6.45, 7) is 1.63. The number of aryl methyl sites for hydroxylation is 1. The molecular weight excluding hydrogens is 412 g/mol. The number of hydrogen-bond donors (Lipinski definition) is 0. The fraction of sp³-hybridized carbons (Fsp3) is 0.304. The van der Waals surface area contributed by atoms with Gasteiger partial charge < -0.3 is 8.98 Å². The van der Waals surface area contributed by atoms with E-state index in [1.807, 2.05) is 59.0 Å². The van der Waals surface area contributed by atoms with Gasteiger partial charge in [0.1, 0.15) is 5.52 Å². The summed E-state index contributed by atoms with van der Waals surface area (Å²) < 4.78 is 32.1. The van der Waals surface area contributed by atoms with Crippen LogP contribution in [0.15, 0.2) is 70.4 Å². The molecular formula is C23H26N4O3S. The lowest BCUT2D eigenvalue weighted by Crippen LogP contribution is -2.21. The zero-order chi connectivity index (χ0) is 21.8. The Morgan fingerprint density at radius 1 is 1.03 bits per heavy atom. The summed E-state index contributed by atoms with van der Waals surface area (Å²) in [5, 5.41) is 0.117. The van der Waals surface area contributed by atoms with E-state index in [-0.39, 0.29) is 5.16 Å².